The molecule has 1 saturated heterocycles. The van der Waals surface area contributed by atoms with Gasteiger partial charge in [-0.3, -0.25) is 4.90 Å². The third kappa shape index (κ3) is 6.28. The quantitative estimate of drug-likeness (QED) is 0.631. The molecule has 0 atom stereocenters. The number of nitrogens with zero attached hydrogens (tertiary/aromatic N) is 4. The molecule has 1 aliphatic heterocycles. The van der Waals surface area contributed by atoms with Gasteiger partial charge in [0.2, 0.25) is 16.0 Å². The van der Waals surface area contributed by atoms with E-state index in [1.807, 2.05) is 6.07 Å². The Morgan fingerprint density at radius 3 is 2.43 bits per heavy atom. The van der Waals surface area contributed by atoms with Crippen LogP contribution in [0.3, 0.4) is 0 Å². The van der Waals surface area contributed by atoms with Crippen molar-refractivity contribution in [1.29, 1.82) is 0 Å². The lowest BCUT2D eigenvalue weighted by atomic mass is 10.2. The van der Waals surface area contributed by atoms with Crippen molar-refractivity contribution in [2.75, 3.05) is 44.2 Å². The van der Waals surface area contributed by atoms with Crippen LogP contribution in [-0.4, -0.2) is 62.6 Å². The van der Waals surface area contributed by atoms with E-state index in [1.54, 1.807) is 30.6 Å². The average molecular weight is 444 g/mol. The third-order valence-electron chi connectivity index (χ3n) is 4.52. The van der Waals surface area contributed by atoms with E-state index in [2.05, 4.69) is 24.5 Å². The molecule has 1 fully saturated rings. The number of rotatable bonds is 8. The van der Waals surface area contributed by atoms with Crippen molar-refractivity contribution in [3.05, 3.63) is 52.3 Å². The zero-order valence-electron chi connectivity index (χ0n) is 15.4. The van der Waals surface area contributed by atoms with Gasteiger partial charge in [0.05, 0.1) is 15.8 Å². The van der Waals surface area contributed by atoms with Crippen LogP contribution >= 0.6 is 23.2 Å². The molecule has 10 heteroatoms. The van der Waals surface area contributed by atoms with E-state index in [4.69, 9.17) is 23.2 Å². The van der Waals surface area contributed by atoms with Crippen molar-refractivity contribution >= 4 is 39.2 Å². The van der Waals surface area contributed by atoms with Gasteiger partial charge in [0, 0.05) is 45.1 Å². The van der Waals surface area contributed by atoms with Crippen molar-refractivity contribution in [1.82, 2.24) is 19.6 Å². The van der Waals surface area contributed by atoms with E-state index in [-0.39, 0.29) is 5.75 Å². The van der Waals surface area contributed by atoms with Crippen LogP contribution in [0.25, 0.3) is 0 Å². The first-order valence-electron chi connectivity index (χ1n) is 9.08. The van der Waals surface area contributed by atoms with Gasteiger partial charge in [-0.25, -0.2) is 23.1 Å². The lowest BCUT2D eigenvalue weighted by Gasteiger charge is -2.34. The predicted molar refractivity (Wildman–Crippen MR) is 112 cm³/mol. The van der Waals surface area contributed by atoms with Crippen LogP contribution in [0.4, 0.5) is 5.95 Å². The predicted octanol–water partition coefficient (Wildman–Crippen LogP) is 2.42. The third-order valence-corrected chi connectivity index (χ3v) is 6.62. The first-order valence-corrected chi connectivity index (χ1v) is 11.5. The first-order chi connectivity index (χ1) is 13.4. The van der Waals surface area contributed by atoms with Crippen LogP contribution in [-0.2, 0) is 15.8 Å². The summed E-state index contributed by atoms with van der Waals surface area (Å²) >= 11 is 11.8. The summed E-state index contributed by atoms with van der Waals surface area (Å²) in [6.45, 7) is 4.81. The summed E-state index contributed by atoms with van der Waals surface area (Å²) in [5.41, 5.74) is 0.612. The number of sulfonamides is 1. The lowest BCUT2D eigenvalue weighted by molar-refractivity contribution is 0.254. The molecule has 0 aliphatic carbocycles. The minimum absolute atomic E-state index is 0.111. The Hall–Kier alpha value is -1.45. The molecule has 1 N–H and O–H groups in total. The average Bonchev–Trinajstić information content (AvgIpc) is 2.69. The highest BCUT2D eigenvalue weighted by Crippen LogP contribution is 2.23. The van der Waals surface area contributed by atoms with Gasteiger partial charge in [-0.15, -0.1) is 0 Å². The van der Waals surface area contributed by atoms with E-state index in [0.29, 0.717) is 22.2 Å². The van der Waals surface area contributed by atoms with Crippen LogP contribution in [0, 0.1) is 0 Å². The molecular weight excluding hydrogens is 421 g/mol. The van der Waals surface area contributed by atoms with Crippen LogP contribution < -0.4 is 9.62 Å². The summed E-state index contributed by atoms with van der Waals surface area (Å²) < 4.78 is 27.1. The molecule has 0 radical (unpaired) electrons. The minimum atomic E-state index is -3.41. The fourth-order valence-corrected chi connectivity index (χ4v) is 4.55. The Morgan fingerprint density at radius 1 is 1.04 bits per heavy atom. The molecular formula is C18H23Cl2N5O2S. The summed E-state index contributed by atoms with van der Waals surface area (Å²) in [6, 6.07) is 6.67. The fraction of sp³-hybridized carbons (Fsp3) is 0.444. The molecule has 0 spiro atoms. The molecule has 0 saturated carbocycles. The summed E-state index contributed by atoms with van der Waals surface area (Å²) in [4.78, 5) is 13.0. The van der Waals surface area contributed by atoms with Gasteiger partial charge in [0.25, 0.3) is 0 Å². The molecule has 2 aromatic rings. The fourth-order valence-electron chi connectivity index (χ4n) is 3.06. The number of nitrogens with one attached hydrogen (secondary N) is 1. The molecule has 7 nitrogen and oxygen atoms in total. The number of benzene rings is 1. The van der Waals surface area contributed by atoms with E-state index < -0.39 is 10.0 Å². The Labute approximate surface area is 175 Å². The second-order valence-corrected chi connectivity index (χ2v) is 9.25. The largest absolute Gasteiger partial charge is 0.338 e. The first kappa shape index (κ1) is 21.3. The van der Waals surface area contributed by atoms with Crippen molar-refractivity contribution in [3.63, 3.8) is 0 Å². The highest BCUT2D eigenvalue weighted by molar-refractivity contribution is 7.88. The number of halogens is 2. The number of anilines is 1. The second-order valence-electron chi connectivity index (χ2n) is 6.63. The van der Waals surface area contributed by atoms with E-state index in [1.165, 1.54) is 0 Å². The van der Waals surface area contributed by atoms with E-state index >= 15 is 0 Å². The van der Waals surface area contributed by atoms with Gasteiger partial charge >= 0.3 is 0 Å². The maximum atomic E-state index is 12.2. The van der Waals surface area contributed by atoms with E-state index in [0.717, 1.165) is 45.1 Å². The van der Waals surface area contributed by atoms with Crippen molar-refractivity contribution in [2.24, 2.45) is 0 Å². The molecule has 1 aromatic heterocycles. The summed E-state index contributed by atoms with van der Waals surface area (Å²) in [5.74, 6) is 0.650. The zero-order valence-corrected chi connectivity index (χ0v) is 17.7. The van der Waals surface area contributed by atoms with Gasteiger partial charge in [-0.2, -0.15) is 0 Å². The Kier molecular flexibility index (Phi) is 7.48. The molecule has 28 heavy (non-hydrogen) atoms. The van der Waals surface area contributed by atoms with Crippen LogP contribution in [0.2, 0.25) is 10.0 Å². The highest BCUT2D eigenvalue weighted by Gasteiger charge is 2.18. The minimum Gasteiger partial charge on any atom is -0.338 e. The molecule has 3 rings (SSSR count). The van der Waals surface area contributed by atoms with Crippen LogP contribution in [0.1, 0.15) is 12.0 Å². The number of hydrogen-bond acceptors (Lipinski definition) is 6. The standard InChI is InChI=1S/C18H23Cl2N5O2S/c19-16-4-3-15(13-17(16)20)14-28(26,27)23-7-2-8-24-9-11-25(12-10-24)18-21-5-1-6-22-18/h1,3-6,13,23H,2,7-12,14H2. The Balaban J connectivity index is 1.37. The van der Waals surface area contributed by atoms with Crippen LogP contribution in [0.5, 0.6) is 0 Å². The van der Waals surface area contributed by atoms with Gasteiger partial charge in [0.15, 0.2) is 0 Å². The Bertz CT molecular complexity index is 875. The van der Waals surface area contributed by atoms with Crippen molar-refractivity contribution in [3.8, 4) is 0 Å². The number of hydrogen-bond donors (Lipinski definition) is 1. The molecule has 2 heterocycles. The maximum absolute atomic E-state index is 12.2. The molecule has 152 valence electrons. The van der Waals surface area contributed by atoms with Crippen molar-refractivity contribution in [2.45, 2.75) is 12.2 Å². The van der Waals surface area contributed by atoms with E-state index in [9.17, 15) is 8.42 Å². The molecule has 0 bridgehead atoms. The van der Waals surface area contributed by atoms with Crippen molar-refractivity contribution < 1.29 is 8.42 Å². The molecule has 1 aliphatic rings. The smallest absolute Gasteiger partial charge is 0.225 e. The molecule has 0 amide bonds. The summed E-state index contributed by atoms with van der Waals surface area (Å²) in [7, 11) is -3.41. The molecule has 0 unspecified atom stereocenters. The molecule has 1 aromatic carbocycles. The van der Waals surface area contributed by atoms with Gasteiger partial charge in [0.1, 0.15) is 0 Å². The van der Waals surface area contributed by atoms with Gasteiger partial charge < -0.3 is 4.90 Å². The second kappa shape index (κ2) is 9.84. The number of aromatic nitrogens is 2. The monoisotopic (exact) mass is 443 g/mol. The Morgan fingerprint density at radius 2 is 1.75 bits per heavy atom. The topological polar surface area (TPSA) is 78.4 Å². The normalized spacial score (nSPS) is 15.7. The van der Waals surface area contributed by atoms with Crippen LogP contribution in [0.15, 0.2) is 36.7 Å². The zero-order chi connectivity index (χ0) is 20.0. The maximum Gasteiger partial charge on any atom is 0.225 e. The summed E-state index contributed by atoms with van der Waals surface area (Å²) in [5, 5.41) is 0.768. The van der Waals surface area contributed by atoms with Gasteiger partial charge in [-0.1, -0.05) is 29.3 Å². The van der Waals surface area contributed by atoms with Gasteiger partial charge in [-0.05, 0) is 36.7 Å². The summed E-state index contributed by atoms with van der Waals surface area (Å²) in [6.07, 6.45) is 4.25. The SMILES string of the molecule is O=S(=O)(Cc1ccc(Cl)c(Cl)c1)NCCCN1CCN(c2ncccn2)CC1. The number of piperazine rings is 1. The lowest BCUT2D eigenvalue weighted by Crippen LogP contribution is -2.47. The highest BCUT2D eigenvalue weighted by atomic mass is 35.5.